The lowest BCUT2D eigenvalue weighted by Crippen LogP contribution is -2.42. The van der Waals surface area contributed by atoms with Crippen LogP contribution in [0.3, 0.4) is 0 Å². The Morgan fingerprint density at radius 2 is 1.75 bits per heavy atom. The van der Waals surface area contributed by atoms with Crippen LogP contribution in [0, 0.1) is 6.92 Å². The highest BCUT2D eigenvalue weighted by Gasteiger charge is 2.24. The van der Waals surface area contributed by atoms with Crippen molar-refractivity contribution in [2.24, 2.45) is 0 Å². The van der Waals surface area contributed by atoms with Crippen LogP contribution < -0.4 is 5.32 Å². The molecule has 0 saturated carbocycles. The van der Waals surface area contributed by atoms with Gasteiger partial charge in [-0.15, -0.1) is 0 Å². The zero-order valence-corrected chi connectivity index (χ0v) is 28.8. The van der Waals surface area contributed by atoms with Gasteiger partial charge in [-0.2, -0.15) is 11.8 Å². The van der Waals surface area contributed by atoms with Crippen LogP contribution in [0.2, 0.25) is 5.02 Å². The number of hydrogen-bond donors (Lipinski definition) is 1. The van der Waals surface area contributed by atoms with Crippen LogP contribution >= 0.6 is 39.3 Å². The van der Waals surface area contributed by atoms with Crippen molar-refractivity contribution >= 4 is 51.2 Å². The lowest BCUT2D eigenvalue weighted by atomic mass is 9.93. The van der Waals surface area contributed by atoms with Crippen molar-refractivity contribution in [3.8, 4) is 22.5 Å². The summed E-state index contributed by atoms with van der Waals surface area (Å²) in [4.78, 5) is 28.4. The molecule has 44 heavy (non-hydrogen) atoms. The zero-order valence-electron chi connectivity index (χ0n) is 25.7. The molecule has 1 N–H and O–H groups in total. The number of aryl methyl sites for hydroxylation is 1. The van der Waals surface area contributed by atoms with E-state index < -0.39 is 12.0 Å². The number of furan rings is 1. The van der Waals surface area contributed by atoms with E-state index in [2.05, 4.69) is 46.1 Å². The molecule has 4 rings (SSSR count). The Balaban J connectivity index is 1.63. The Morgan fingerprint density at radius 1 is 1.02 bits per heavy atom. The molecule has 0 aliphatic rings. The predicted molar refractivity (Wildman–Crippen MR) is 184 cm³/mol. The van der Waals surface area contributed by atoms with Crippen molar-refractivity contribution in [3.63, 3.8) is 0 Å². The second-order valence-corrected chi connectivity index (χ2v) is 13.2. The van der Waals surface area contributed by atoms with E-state index >= 15 is 0 Å². The van der Waals surface area contributed by atoms with Crippen LogP contribution in [0.25, 0.3) is 22.5 Å². The summed E-state index contributed by atoms with van der Waals surface area (Å²) >= 11 is 11.4. The number of amides is 1. The van der Waals surface area contributed by atoms with Crippen LogP contribution in [-0.4, -0.2) is 48.0 Å². The first-order valence-corrected chi connectivity index (χ1v) is 17.0. The van der Waals surface area contributed by atoms with Crippen molar-refractivity contribution < 1.29 is 18.7 Å². The third-order valence-electron chi connectivity index (χ3n) is 7.48. The minimum atomic E-state index is -0.717. The first-order chi connectivity index (χ1) is 21.1. The molecule has 9 heteroatoms. The number of benzene rings is 3. The smallest absolute Gasteiger partial charge is 0.328 e. The summed E-state index contributed by atoms with van der Waals surface area (Å²) in [7, 11) is 1.34. The Hall–Kier alpha value is -3.04. The second-order valence-electron chi connectivity index (χ2n) is 10.9. The number of nitrogens with one attached hydrogen (secondary N) is 1. The fourth-order valence-electron chi connectivity index (χ4n) is 5.00. The van der Waals surface area contributed by atoms with Gasteiger partial charge in [0.05, 0.1) is 18.1 Å². The molecule has 1 atom stereocenters. The SMILES string of the molecule is COC(=O)C(CCSC)NC(=O)c1ccc(CN(Cc2cc(Br)c(-c3ccc(Cl)cc3)o2)C(C)C)cc1-c1ccccc1C. The molecule has 0 radical (unpaired) electrons. The zero-order chi connectivity index (χ0) is 31.8. The number of ether oxygens (including phenoxy) is 1. The maximum absolute atomic E-state index is 13.6. The molecule has 0 aliphatic carbocycles. The van der Waals surface area contributed by atoms with E-state index in [0.29, 0.717) is 30.1 Å². The summed E-state index contributed by atoms with van der Waals surface area (Å²) in [5.41, 5.74) is 5.37. The number of esters is 1. The second kappa shape index (κ2) is 15.8. The summed E-state index contributed by atoms with van der Waals surface area (Å²) in [6.07, 6.45) is 2.46. The number of thioether (sulfide) groups is 1. The van der Waals surface area contributed by atoms with Gasteiger partial charge < -0.3 is 14.5 Å². The summed E-state index contributed by atoms with van der Waals surface area (Å²) in [5.74, 6) is 1.58. The molecule has 232 valence electrons. The van der Waals surface area contributed by atoms with Crippen LogP contribution in [0.15, 0.2) is 81.7 Å². The maximum Gasteiger partial charge on any atom is 0.328 e. The number of carbonyl (C=O) groups excluding carboxylic acids is 2. The molecule has 4 aromatic rings. The predicted octanol–water partition coefficient (Wildman–Crippen LogP) is 8.77. The third kappa shape index (κ3) is 8.57. The van der Waals surface area contributed by atoms with Crippen LogP contribution in [-0.2, 0) is 22.6 Å². The van der Waals surface area contributed by atoms with Crippen molar-refractivity contribution in [3.05, 3.63) is 105 Å². The van der Waals surface area contributed by atoms with Gasteiger partial charge in [0, 0.05) is 28.7 Å². The molecule has 0 spiro atoms. The topological polar surface area (TPSA) is 71.8 Å². The van der Waals surface area contributed by atoms with E-state index in [1.165, 1.54) is 7.11 Å². The van der Waals surface area contributed by atoms with E-state index in [1.54, 1.807) is 11.8 Å². The van der Waals surface area contributed by atoms with Gasteiger partial charge in [0.2, 0.25) is 0 Å². The first-order valence-electron chi connectivity index (χ1n) is 14.5. The molecular formula is C35H38BrClN2O4S. The van der Waals surface area contributed by atoms with Gasteiger partial charge in [-0.3, -0.25) is 9.69 Å². The summed E-state index contributed by atoms with van der Waals surface area (Å²) in [5, 5.41) is 3.60. The molecule has 1 unspecified atom stereocenters. The third-order valence-corrected chi connectivity index (χ3v) is 8.97. The lowest BCUT2D eigenvalue weighted by molar-refractivity contribution is -0.142. The minimum Gasteiger partial charge on any atom is -0.467 e. The Morgan fingerprint density at radius 3 is 2.41 bits per heavy atom. The van der Waals surface area contributed by atoms with Crippen molar-refractivity contribution in [1.82, 2.24) is 10.2 Å². The van der Waals surface area contributed by atoms with Gasteiger partial charge in [0.1, 0.15) is 17.6 Å². The van der Waals surface area contributed by atoms with E-state index in [1.807, 2.05) is 79.9 Å². The average Bonchev–Trinajstić information content (AvgIpc) is 3.38. The van der Waals surface area contributed by atoms with Crippen molar-refractivity contribution in [2.75, 3.05) is 19.1 Å². The van der Waals surface area contributed by atoms with Gasteiger partial charge in [0.15, 0.2) is 0 Å². The van der Waals surface area contributed by atoms with E-state index in [0.717, 1.165) is 49.6 Å². The molecular weight excluding hydrogens is 660 g/mol. The highest BCUT2D eigenvalue weighted by atomic mass is 79.9. The van der Waals surface area contributed by atoms with Crippen LogP contribution in [0.4, 0.5) is 0 Å². The molecule has 0 saturated heterocycles. The Kier molecular flexibility index (Phi) is 12.2. The largest absolute Gasteiger partial charge is 0.467 e. The molecule has 1 heterocycles. The molecule has 0 bridgehead atoms. The number of halogens is 2. The molecule has 3 aromatic carbocycles. The van der Waals surface area contributed by atoms with E-state index in [-0.39, 0.29) is 11.9 Å². The number of rotatable bonds is 13. The molecule has 0 fully saturated rings. The Bertz CT molecular complexity index is 1590. The van der Waals surface area contributed by atoms with Gasteiger partial charge >= 0.3 is 5.97 Å². The fraction of sp³-hybridized carbons (Fsp3) is 0.314. The Labute approximate surface area is 277 Å². The number of hydrogen-bond acceptors (Lipinski definition) is 6. The quantitative estimate of drug-likeness (QED) is 0.141. The number of methoxy groups -OCH3 is 1. The number of carbonyl (C=O) groups is 2. The normalized spacial score (nSPS) is 12.0. The number of nitrogens with zero attached hydrogens (tertiary/aromatic N) is 1. The summed E-state index contributed by atoms with van der Waals surface area (Å²) in [6.45, 7) is 7.59. The highest BCUT2D eigenvalue weighted by Crippen LogP contribution is 2.34. The van der Waals surface area contributed by atoms with E-state index in [9.17, 15) is 9.59 Å². The van der Waals surface area contributed by atoms with Crippen LogP contribution in [0.1, 0.15) is 47.5 Å². The van der Waals surface area contributed by atoms with Crippen molar-refractivity contribution in [1.29, 1.82) is 0 Å². The fourth-order valence-corrected chi connectivity index (χ4v) is 6.16. The summed E-state index contributed by atoms with van der Waals surface area (Å²) in [6, 6.07) is 23.0. The molecule has 0 aliphatic heterocycles. The van der Waals surface area contributed by atoms with E-state index in [4.69, 9.17) is 20.8 Å². The van der Waals surface area contributed by atoms with Crippen molar-refractivity contribution in [2.45, 2.75) is 52.4 Å². The minimum absolute atomic E-state index is 0.222. The van der Waals surface area contributed by atoms with Gasteiger partial charge in [-0.05, 0) is 120 Å². The summed E-state index contributed by atoms with van der Waals surface area (Å²) < 4.78 is 12.1. The standard InChI is InChI=1S/C35H38BrClN2O4S/c1-22(2)39(21-27-19-31(36)33(43-27)25-11-13-26(37)14-12-25)20-24-10-15-29(30(18-24)28-9-7-6-8-23(28)3)34(40)38-32(16-17-44-5)35(41)42-4/h6-15,18-19,22,32H,16-17,20-21H2,1-5H3,(H,38,40). The van der Waals surface area contributed by atoms with Gasteiger partial charge in [-0.1, -0.05) is 41.9 Å². The highest BCUT2D eigenvalue weighted by molar-refractivity contribution is 9.10. The maximum atomic E-state index is 13.6. The molecule has 6 nitrogen and oxygen atoms in total. The van der Waals surface area contributed by atoms with Gasteiger partial charge in [0.25, 0.3) is 5.91 Å². The average molecular weight is 698 g/mol. The monoisotopic (exact) mass is 696 g/mol. The van der Waals surface area contributed by atoms with Crippen LogP contribution in [0.5, 0.6) is 0 Å². The lowest BCUT2D eigenvalue weighted by Gasteiger charge is -2.26. The van der Waals surface area contributed by atoms with Gasteiger partial charge in [-0.25, -0.2) is 4.79 Å². The molecule has 1 aromatic heterocycles. The molecule has 1 amide bonds. The first kappa shape index (κ1) is 33.8.